The third-order valence-electron chi connectivity index (χ3n) is 3.46. The first-order valence-electron chi connectivity index (χ1n) is 5.95. The van der Waals surface area contributed by atoms with E-state index in [0.29, 0.717) is 6.42 Å². The van der Waals surface area contributed by atoms with Crippen molar-refractivity contribution in [2.24, 2.45) is 0 Å². The van der Waals surface area contributed by atoms with Crippen LogP contribution in [0, 0.1) is 0 Å². The standard InChI is InChI=1S/C13H22O3/c1-5-6-8-13(16-4)9-7-11(14)10(2)12(13)15-3/h5-9H2,1-4H3. The van der Waals surface area contributed by atoms with E-state index in [2.05, 4.69) is 6.92 Å². The zero-order chi connectivity index (χ0) is 12.2. The van der Waals surface area contributed by atoms with Gasteiger partial charge in [0.05, 0.1) is 7.11 Å². The van der Waals surface area contributed by atoms with E-state index in [0.717, 1.165) is 37.0 Å². The molecule has 16 heavy (non-hydrogen) atoms. The Morgan fingerprint density at radius 1 is 1.38 bits per heavy atom. The van der Waals surface area contributed by atoms with E-state index in [1.165, 1.54) is 0 Å². The quantitative estimate of drug-likeness (QED) is 0.723. The monoisotopic (exact) mass is 226 g/mol. The molecule has 1 rings (SSSR count). The van der Waals surface area contributed by atoms with E-state index in [1.54, 1.807) is 14.2 Å². The first-order chi connectivity index (χ1) is 7.61. The molecule has 92 valence electrons. The molecule has 0 N–H and O–H groups in total. The molecule has 0 aromatic carbocycles. The minimum absolute atomic E-state index is 0.182. The average molecular weight is 226 g/mol. The third kappa shape index (κ3) is 2.29. The van der Waals surface area contributed by atoms with Gasteiger partial charge >= 0.3 is 0 Å². The zero-order valence-corrected chi connectivity index (χ0v) is 10.8. The number of rotatable bonds is 5. The van der Waals surface area contributed by atoms with Gasteiger partial charge in [-0.25, -0.2) is 0 Å². The molecular formula is C13H22O3. The highest BCUT2D eigenvalue weighted by molar-refractivity contribution is 5.96. The van der Waals surface area contributed by atoms with E-state index in [4.69, 9.17) is 9.47 Å². The van der Waals surface area contributed by atoms with Crippen LogP contribution in [-0.4, -0.2) is 25.6 Å². The van der Waals surface area contributed by atoms with Crippen molar-refractivity contribution in [1.82, 2.24) is 0 Å². The van der Waals surface area contributed by atoms with Crippen molar-refractivity contribution < 1.29 is 14.3 Å². The maximum absolute atomic E-state index is 11.6. The molecule has 1 unspecified atom stereocenters. The number of carbonyl (C=O) groups is 1. The van der Waals surface area contributed by atoms with Crippen molar-refractivity contribution in [3.63, 3.8) is 0 Å². The molecule has 1 aliphatic carbocycles. The normalized spacial score (nSPS) is 26.1. The largest absolute Gasteiger partial charge is 0.498 e. The summed E-state index contributed by atoms with van der Waals surface area (Å²) in [4.78, 5) is 11.6. The van der Waals surface area contributed by atoms with Crippen LogP contribution in [0.2, 0.25) is 0 Å². The van der Waals surface area contributed by atoms with Crippen molar-refractivity contribution in [2.75, 3.05) is 14.2 Å². The van der Waals surface area contributed by atoms with Gasteiger partial charge in [0.1, 0.15) is 11.4 Å². The van der Waals surface area contributed by atoms with E-state index < -0.39 is 0 Å². The molecular weight excluding hydrogens is 204 g/mol. The number of carbonyl (C=O) groups excluding carboxylic acids is 1. The summed E-state index contributed by atoms with van der Waals surface area (Å²) in [6.07, 6.45) is 4.43. The lowest BCUT2D eigenvalue weighted by Crippen LogP contribution is -2.40. The Labute approximate surface area is 97.8 Å². The van der Waals surface area contributed by atoms with Crippen LogP contribution in [0.4, 0.5) is 0 Å². The molecule has 0 fully saturated rings. The molecule has 0 saturated heterocycles. The second kappa shape index (κ2) is 5.48. The Bertz CT molecular complexity index is 294. The van der Waals surface area contributed by atoms with E-state index in [1.807, 2.05) is 6.92 Å². The number of allylic oxidation sites excluding steroid dienone is 1. The number of Topliss-reactive ketones (excluding diaryl/α,β-unsaturated/α-hetero) is 1. The molecule has 3 heteroatoms. The lowest BCUT2D eigenvalue weighted by Gasteiger charge is -2.37. The van der Waals surface area contributed by atoms with Gasteiger partial charge in [0.2, 0.25) is 0 Å². The molecule has 0 aromatic rings. The van der Waals surface area contributed by atoms with Crippen LogP contribution < -0.4 is 0 Å². The number of ketones is 1. The van der Waals surface area contributed by atoms with Crippen LogP contribution in [-0.2, 0) is 14.3 Å². The van der Waals surface area contributed by atoms with Crippen molar-refractivity contribution in [2.45, 2.75) is 51.6 Å². The molecule has 0 aliphatic heterocycles. The molecule has 0 saturated carbocycles. The van der Waals surface area contributed by atoms with Gasteiger partial charge in [0, 0.05) is 19.1 Å². The SMILES string of the molecule is CCCCC1(OC)CCC(=O)C(C)=C1OC. The second-order valence-corrected chi connectivity index (χ2v) is 4.38. The van der Waals surface area contributed by atoms with Crippen molar-refractivity contribution in [1.29, 1.82) is 0 Å². The zero-order valence-electron chi connectivity index (χ0n) is 10.8. The van der Waals surface area contributed by atoms with Crippen LogP contribution in [0.1, 0.15) is 46.0 Å². The van der Waals surface area contributed by atoms with Crippen LogP contribution >= 0.6 is 0 Å². The number of methoxy groups -OCH3 is 2. The average Bonchev–Trinajstić information content (AvgIpc) is 2.31. The molecule has 1 aliphatic rings. The predicted molar refractivity (Wildman–Crippen MR) is 63.2 cm³/mol. The van der Waals surface area contributed by atoms with Gasteiger partial charge in [-0.3, -0.25) is 4.79 Å². The van der Waals surface area contributed by atoms with Crippen molar-refractivity contribution in [3.8, 4) is 0 Å². The van der Waals surface area contributed by atoms with Gasteiger partial charge in [-0.1, -0.05) is 19.8 Å². The topological polar surface area (TPSA) is 35.5 Å². The van der Waals surface area contributed by atoms with Crippen LogP contribution in [0.3, 0.4) is 0 Å². The third-order valence-corrected chi connectivity index (χ3v) is 3.46. The summed E-state index contributed by atoms with van der Waals surface area (Å²) in [5.74, 6) is 0.917. The maximum atomic E-state index is 11.6. The van der Waals surface area contributed by atoms with Crippen LogP contribution in [0.25, 0.3) is 0 Å². The Morgan fingerprint density at radius 3 is 2.56 bits per heavy atom. The molecule has 0 bridgehead atoms. The van der Waals surface area contributed by atoms with E-state index in [9.17, 15) is 4.79 Å². The maximum Gasteiger partial charge on any atom is 0.162 e. The summed E-state index contributed by atoms with van der Waals surface area (Å²) in [5.41, 5.74) is 0.356. The Kier molecular flexibility index (Phi) is 4.54. The predicted octanol–water partition coefficient (Wildman–Crippen LogP) is 2.85. The summed E-state index contributed by atoms with van der Waals surface area (Å²) in [6.45, 7) is 3.99. The highest BCUT2D eigenvalue weighted by Gasteiger charge is 2.41. The van der Waals surface area contributed by atoms with Crippen molar-refractivity contribution in [3.05, 3.63) is 11.3 Å². The summed E-state index contributed by atoms with van der Waals surface area (Å²) < 4.78 is 11.1. The molecule has 3 nitrogen and oxygen atoms in total. The smallest absolute Gasteiger partial charge is 0.162 e. The molecule has 0 spiro atoms. The fourth-order valence-corrected chi connectivity index (χ4v) is 2.42. The van der Waals surface area contributed by atoms with Gasteiger partial charge in [0.25, 0.3) is 0 Å². The summed E-state index contributed by atoms with van der Waals surface area (Å²) >= 11 is 0. The fourth-order valence-electron chi connectivity index (χ4n) is 2.42. The second-order valence-electron chi connectivity index (χ2n) is 4.38. The summed E-state index contributed by atoms with van der Waals surface area (Å²) in [5, 5.41) is 0. The number of ether oxygens (including phenoxy) is 2. The molecule has 1 atom stereocenters. The van der Waals surface area contributed by atoms with Crippen LogP contribution in [0.5, 0.6) is 0 Å². The fraction of sp³-hybridized carbons (Fsp3) is 0.769. The molecule has 0 heterocycles. The summed E-state index contributed by atoms with van der Waals surface area (Å²) in [6, 6.07) is 0. The highest BCUT2D eigenvalue weighted by Crippen LogP contribution is 2.38. The Balaban J connectivity index is 3.03. The van der Waals surface area contributed by atoms with Gasteiger partial charge in [0.15, 0.2) is 5.78 Å². The van der Waals surface area contributed by atoms with Gasteiger partial charge in [-0.05, 0) is 19.8 Å². The van der Waals surface area contributed by atoms with E-state index in [-0.39, 0.29) is 11.4 Å². The number of unbranched alkanes of at least 4 members (excludes halogenated alkanes) is 1. The highest BCUT2D eigenvalue weighted by atomic mass is 16.5. The van der Waals surface area contributed by atoms with Gasteiger partial charge in [-0.2, -0.15) is 0 Å². The van der Waals surface area contributed by atoms with Crippen molar-refractivity contribution >= 4 is 5.78 Å². The minimum Gasteiger partial charge on any atom is -0.498 e. The lowest BCUT2D eigenvalue weighted by atomic mass is 9.80. The molecule has 0 amide bonds. The van der Waals surface area contributed by atoms with E-state index >= 15 is 0 Å². The number of hydrogen-bond donors (Lipinski definition) is 0. The molecule has 0 radical (unpaired) electrons. The lowest BCUT2D eigenvalue weighted by molar-refractivity contribution is -0.120. The van der Waals surface area contributed by atoms with Gasteiger partial charge in [-0.15, -0.1) is 0 Å². The summed E-state index contributed by atoms with van der Waals surface area (Å²) in [7, 11) is 3.33. The Hall–Kier alpha value is -0.830. The van der Waals surface area contributed by atoms with Crippen LogP contribution in [0.15, 0.2) is 11.3 Å². The number of hydrogen-bond acceptors (Lipinski definition) is 3. The molecule has 0 aromatic heterocycles. The first-order valence-corrected chi connectivity index (χ1v) is 5.95. The minimum atomic E-state index is -0.372. The Morgan fingerprint density at radius 2 is 2.06 bits per heavy atom. The van der Waals surface area contributed by atoms with Gasteiger partial charge < -0.3 is 9.47 Å². The first kappa shape index (κ1) is 13.2.